The maximum atomic E-state index is 12.2. The van der Waals surface area contributed by atoms with Gasteiger partial charge in [0.2, 0.25) is 5.91 Å². The van der Waals surface area contributed by atoms with Gasteiger partial charge >= 0.3 is 6.18 Å². The van der Waals surface area contributed by atoms with E-state index in [9.17, 15) is 18.0 Å². The third-order valence-corrected chi connectivity index (χ3v) is 3.32. The first-order chi connectivity index (χ1) is 8.65. The second-order valence-electron chi connectivity index (χ2n) is 5.35. The van der Waals surface area contributed by atoms with Gasteiger partial charge in [-0.1, -0.05) is 13.3 Å². The second kappa shape index (κ2) is 6.09. The normalized spacial score (nSPS) is 21.3. The predicted octanol–water partition coefficient (Wildman–Crippen LogP) is 1.21. The zero-order chi connectivity index (χ0) is 14.7. The lowest BCUT2D eigenvalue weighted by molar-refractivity contribution is -0.153. The summed E-state index contributed by atoms with van der Waals surface area (Å²) in [6.07, 6.45) is -2.81. The van der Waals surface area contributed by atoms with Crippen LogP contribution in [0.3, 0.4) is 0 Å². The summed E-state index contributed by atoms with van der Waals surface area (Å²) in [5.41, 5.74) is 5.04. The highest BCUT2D eigenvalue weighted by molar-refractivity contribution is 5.85. The van der Waals surface area contributed by atoms with Crippen LogP contribution in [0.2, 0.25) is 0 Å². The van der Waals surface area contributed by atoms with Gasteiger partial charge in [-0.15, -0.1) is 0 Å². The predicted molar refractivity (Wildman–Crippen MR) is 66.6 cm³/mol. The number of hydrogen-bond donors (Lipinski definition) is 1. The molecule has 0 aromatic heterocycles. The van der Waals surface area contributed by atoms with Crippen molar-refractivity contribution in [2.45, 2.75) is 38.4 Å². The number of amides is 1. The topological polar surface area (TPSA) is 49.6 Å². The second-order valence-corrected chi connectivity index (χ2v) is 5.35. The molecule has 1 rings (SSSR count). The van der Waals surface area contributed by atoms with Crippen molar-refractivity contribution in [2.75, 3.05) is 32.7 Å². The van der Waals surface area contributed by atoms with Crippen LogP contribution in [0, 0.1) is 0 Å². The Morgan fingerprint density at radius 2 is 1.74 bits per heavy atom. The van der Waals surface area contributed by atoms with E-state index in [-0.39, 0.29) is 19.0 Å². The van der Waals surface area contributed by atoms with Gasteiger partial charge in [0, 0.05) is 26.2 Å². The standard InChI is InChI=1S/C12H22F3N3O/c1-3-4-11(2,16)10(19)18-7-5-17(6-8-18)9-12(13,14)15/h3-9,16H2,1-2H3. The van der Waals surface area contributed by atoms with Crippen LogP contribution in [0.25, 0.3) is 0 Å². The molecule has 112 valence electrons. The summed E-state index contributed by atoms with van der Waals surface area (Å²) >= 11 is 0. The van der Waals surface area contributed by atoms with Gasteiger partial charge < -0.3 is 10.6 Å². The molecular weight excluding hydrogens is 259 g/mol. The Morgan fingerprint density at radius 1 is 1.21 bits per heavy atom. The summed E-state index contributed by atoms with van der Waals surface area (Å²) in [5.74, 6) is -0.166. The molecule has 1 saturated heterocycles. The lowest BCUT2D eigenvalue weighted by atomic mass is 9.95. The summed E-state index contributed by atoms with van der Waals surface area (Å²) in [4.78, 5) is 15.1. The van der Waals surface area contributed by atoms with Gasteiger partial charge in [-0.05, 0) is 13.3 Å². The summed E-state index contributed by atoms with van der Waals surface area (Å²) in [7, 11) is 0. The summed E-state index contributed by atoms with van der Waals surface area (Å²) < 4.78 is 36.7. The van der Waals surface area contributed by atoms with Crippen molar-refractivity contribution in [1.29, 1.82) is 0 Å². The molecule has 1 aliphatic heterocycles. The smallest absolute Gasteiger partial charge is 0.339 e. The number of alkyl halides is 3. The Balaban J connectivity index is 2.48. The van der Waals surface area contributed by atoms with Crippen LogP contribution >= 0.6 is 0 Å². The van der Waals surface area contributed by atoms with Crippen molar-refractivity contribution in [3.8, 4) is 0 Å². The van der Waals surface area contributed by atoms with Crippen molar-refractivity contribution in [3.05, 3.63) is 0 Å². The number of carbonyl (C=O) groups excluding carboxylic acids is 1. The molecule has 0 aromatic carbocycles. The zero-order valence-electron chi connectivity index (χ0n) is 11.5. The number of carbonyl (C=O) groups is 1. The first kappa shape index (κ1) is 16.2. The molecule has 4 nitrogen and oxygen atoms in total. The molecule has 1 amide bonds. The number of halogens is 3. The average Bonchev–Trinajstić information content (AvgIpc) is 2.27. The zero-order valence-corrected chi connectivity index (χ0v) is 11.5. The number of piperazine rings is 1. The molecule has 0 radical (unpaired) electrons. The van der Waals surface area contributed by atoms with E-state index in [0.29, 0.717) is 19.5 Å². The van der Waals surface area contributed by atoms with Gasteiger partial charge in [0.25, 0.3) is 0 Å². The van der Waals surface area contributed by atoms with E-state index in [0.717, 1.165) is 6.42 Å². The monoisotopic (exact) mass is 281 g/mol. The third kappa shape index (κ3) is 4.99. The van der Waals surface area contributed by atoms with E-state index < -0.39 is 18.3 Å². The molecule has 0 aliphatic carbocycles. The Labute approximate surface area is 111 Å². The Morgan fingerprint density at radius 3 is 2.16 bits per heavy atom. The molecule has 19 heavy (non-hydrogen) atoms. The SMILES string of the molecule is CCCC(C)(N)C(=O)N1CCN(CC(F)(F)F)CC1. The number of nitrogens with two attached hydrogens (primary N) is 1. The molecule has 0 spiro atoms. The molecule has 1 heterocycles. The van der Waals surface area contributed by atoms with E-state index in [1.165, 1.54) is 4.90 Å². The first-order valence-corrected chi connectivity index (χ1v) is 6.53. The van der Waals surface area contributed by atoms with Crippen LogP contribution in [-0.4, -0.2) is 60.1 Å². The molecule has 2 N–H and O–H groups in total. The molecule has 0 aromatic rings. The first-order valence-electron chi connectivity index (χ1n) is 6.53. The van der Waals surface area contributed by atoms with E-state index in [2.05, 4.69) is 0 Å². The van der Waals surface area contributed by atoms with E-state index in [1.54, 1.807) is 11.8 Å². The van der Waals surface area contributed by atoms with Crippen molar-refractivity contribution in [1.82, 2.24) is 9.80 Å². The van der Waals surface area contributed by atoms with Crippen LogP contribution < -0.4 is 5.73 Å². The van der Waals surface area contributed by atoms with Gasteiger partial charge in [0.1, 0.15) is 0 Å². The van der Waals surface area contributed by atoms with Crippen LogP contribution in [-0.2, 0) is 4.79 Å². The Hall–Kier alpha value is -0.820. The summed E-state index contributed by atoms with van der Waals surface area (Å²) in [6.45, 7) is 3.82. The summed E-state index contributed by atoms with van der Waals surface area (Å²) in [5, 5.41) is 0. The van der Waals surface area contributed by atoms with Gasteiger partial charge in [-0.3, -0.25) is 9.69 Å². The molecule has 1 atom stereocenters. The van der Waals surface area contributed by atoms with Gasteiger partial charge in [-0.2, -0.15) is 13.2 Å². The van der Waals surface area contributed by atoms with E-state index >= 15 is 0 Å². The highest BCUT2D eigenvalue weighted by Gasteiger charge is 2.36. The fourth-order valence-electron chi connectivity index (χ4n) is 2.35. The molecular formula is C12H22F3N3O. The highest BCUT2D eigenvalue weighted by atomic mass is 19.4. The largest absolute Gasteiger partial charge is 0.401 e. The van der Waals surface area contributed by atoms with E-state index in [1.807, 2.05) is 6.92 Å². The third-order valence-electron chi connectivity index (χ3n) is 3.32. The van der Waals surface area contributed by atoms with Crippen molar-refractivity contribution in [2.24, 2.45) is 5.73 Å². The van der Waals surface area contributed by atoms with Gasteiger partial charge in [0.05, 0.1) is 12.1 Å². The van der Waals surface area contributed by atoms with Crippen molar-refractivity contribution in [3.63, 3.8) is 0 Å². The minimum atomic E-state index is -4.18. The Bertz CT molecular complexity index is 310. The van der Waals surface area contributed by atoms with Gasteiger partial charge in [-0.25, -0.2) is 0 Å². The average molecular weight is 281 g/mol. The fraction of sp³-hybridized carbons (Fsp3) is 0.917. The number of nitrogens with zero attached hydrogens (tertiary/aromatic N) is 2. The molecule has 0 bridgehead atoms. The molecule has 0 saturated carbocycles. The maximum absolute atomic E-state index is 12.2. The molecule has 1 unspecified atom stereocenters. The minimum Gasteiger partial charge on any atom is -0.339 e. The van der Waals surface area contributed by atoms with Crippen molar-refractivity contribution < 1.29 is 18.0 Å². The van der Waals surface area contributed by atoms with Crippen LogP contribution in [0.5, 0.6) is 0 Å². The van der Waals surface area contributed by atoms with E-state index in [4.69, 9.17) is 5.73 Å². The van der Waals surface area contributed by atoms with Crippen LogP contribution in [0.1, 0.15) is 26.7 Å². The minimum absolute atomic E-state index is 0.166. The van der Waals surface area contributed by atoms with Crippen LogP contribution in [0.15, 0.2) is 0 Å². The quantitative estimate of drug-likeness (QED) is 0.842. The van der Waals surface area contributed by atoms with Crippen molar-refractivity contribution >= 4 is 5.91 Å². The Kier molecular flexibility index (Phi) is 5.20. The maximum Gasteiger partial charge on any atom is 0.401 e. The molecule has 1 fully saturated rings. The number of rotatable bonds is 4. The van der Waals surface area contributed by atoms with Gasteiger partial charge in [0.15, 0.2) is 0 Å². The highest BCUT2D eigenvalue weighted by Crippen LogP contribution is 2.19. The fourth-order valence-corrected chi connectivity index (χ4v) is 2.35. The summed E-state index contributed by atoms with van der Waals surface area (Å²) in [6, 6.07) is 0. The van der Waals surface area contributed by atoms with Crippen LogP contribution in [0.4, 0.5) is 13.2 Å². The lowest BCUT2D eigenvalue weighted by Gasteiger charge is -2.38. The number of hydrogen-bond acceptors (Lipinski definition) is 3. The lowest BCUT2D eigenvalue weighted by Crippen LogP contribution is -2.58. The molecule has 1 aliphatic rings. The molecule has 7 heteroatoms.